The Labute approximate surface area is 132 Å². The van der Waals surface area contributed by atoms with Crippen LogP contribution in [0.4, 0.5) is 0 Å². The van der Waals surface area contributed by atoms with E-state index in [-0.39, 0.29) is 0 Å². The van der Waals surface area contributed by atoms with Gasteiger partial charge in [0, 0.05) is 5.69 Å². The highest BCUT2D eigenvalue weighted by atomic mass is 15.1. The van der Waals surface area contributed by atoms with Gasteiger partial charge in [-0.05, 0) is 31.2 Å². The predicted molar refractivity (Wildman–Crippen MR) is 92.7 cm³/mol. The van der Waals surface area contributed by atoms with Crippen LogP contribution in [0.3, 0.4) is 0 Å². The Bertz CT molecular complexity index is 300. The molecule has 0 aliphatic rings. The van der Waals surface area contributed by atoms with Crippen LogP contribution >= 0.6 is 0 Å². The average molecular weight is 293 g/mol. The molecule has 0 aliphatic heterocycles. The lowest BCUT2D eigenvalue weighted by molar-refractivity contribution is 0.597. The summed E-state index contributed by atoms with van der Waals surface area (Å²) in [6.07, 6.45) is 20.9. The number of hydrogen-bond donors (Lipinski definition) is 1. The van der Waals surface area contributed by atoms with Crippen molar-refractivity contribution in [3.63, 3.8) is 0 Å². The standard InChI is InChI=1S/C19H36N2/c1-3-5-7-9-11-13-15-18-17-20-21-19(18)16-14-12-10-8-6-4-2/h17H,3-16H2,1-2H3,(H,20,21). The molecule has 0 unspecified atom stereocenters. The molecule has 0 saturated heterocycles. The maximum Gasteiger partial charge on any atom is 0.0522 e. The van der Waals surface area contributed by atoms with E-state index in [1.165, 1.54) is 101 Å². The van der Waals surface area contributed by atoms with Crippen LogP contribution in [0.1, 0.15) is 102 Å². The van der Waals surface area contributed by atoms with Crippen LogP contribution in [-0.2, 0) is 12.8 Å². The summed E-state index contributed by atoms with van der Waals surface area (Å²) >= 11 is 0. The topological polar surface area (TPSA) is 28.7 Å². The fraction of sp³-hybridized carbons (Fsp3) is 0.842. The summed E-state index contributed by atoms with van der Waals surface area (Å²) in [5.74, 6) is 0. The minimum absolute atomic E-state index is 1.19. The summed E-state index contributed by atoms with van der Waals surface area (Å²) in [4.78, 5) is 0. The van der Waals surface area contributed by atoms with E-state index in [0.717, 1.165) is 0 Å². The normalized spacial score (nSPS) is 11.1. The first-order valence-electron chi connectivity index (χ1n) is 9.39. The van der Waals surface area contributed by atoms with E-state index in [0.29, 0.717) is 0 Å². The van der Waals surface area contributed by atoms with Gasteiger partial charge >= 0.3 is 0 Å². The van der Waals surface area contributed by atoms with Crippen molar-refractivity contribution in [2.24, 2.45) is 0 Å². The number of aryl methyl sites for hydroxylation is 2. The fourth-order valence-electron chi connectivity index (χ4n) is 2.95. The van der Waals surface area contributed by atoms with Crippen LogP contribution in [0.15, 0.2) is 6.20 Å². The molecule has 0 bridgehead atoms. The van der Waals surface area contributed by atoms with Crippen molar-refractivity contribution < 1.29 is 0 Å². The SMILES string of the molecule is CCCCCCCCc1cn[nH]c1CCCCCCCC. The minimum Gasteiger partial charge on any atom is -0.282 e. The molecule has 1 aromatic heterocycles. The second kappa shape index (κ2) is 12.9. The number of nitrogens with one attached hydrogen (secondary N) is 1. The number of hydrogen-bond acceptors (Lipinski definition) is 1. The van der Waals surface area contributed by atoms with Gasteiger partial charge in [0.05, 0.1) is 6.20 Å². The number of aromatic amines is 1. The van der Waals surface area contributed by atoms with Gasteiger partial charge in [-0.1, -0.05) is 78.1 Å². The predicted octanol–water partition coefficient (Wildman–Crippen LogP) is 6.22. The van der Waals surface area contributed by atoms with Crippen molar-refractivity contribution in [2.75, 3.05) is 0 Å². The van der Waals surface area contributed by atoms with Crippen LogP contribution < -0.4 is 0 Å². The third kappa shape index (κ3) is 8.95. The van der Waals surface area contributed by atoms with Gasteiger partial charge in [-0.25, -0.2) is 0 Å². The first-order valence-corrected chi connectivity index (χ1v) is 9.39. The van der Waals surface area contributed by atoms with Crippen molar-refractivity contribution >= 4 is 0 Å². The van der Waals surface area contributed by atoms with Crippen LogP contribution in [0, 0.1) is 0 Å². The summed E-state index contributed by atoms with van der Waals surface area (Å²) in [6, 6.07) is 0. The smallest absolute Gasteiger partial charge is 0.0522 e. The van der Waals surface area contributed by atoms with E-state index >= 15 is 0 Å². The van der Waals surface area contributed by atoms with Gasteiger partial charge in [0.15, 0.2) is 0 Å². The van der Waals surface area contributed by atoms with Gasteiger partial charge in [0.2, 0.25) is 0 Å². The van der Waals surface area contributed by atoms with Gasteiger partial charge in [0.1, 0.15) is 0 Å². The van der Waals surface area contributed by atoms with Crippen LogP contribution in [0.5, 0.6) is 0 Å². The third-order valence-corrected chi connectivity index (χ3v) is 4.39. The minimum atomic E-state index is 1.19. The van der Waals surface area contributed by atoms with E-state index in [1.807, 2.05) is 0 Å². The number of aromatic nitrogens is 2. The van der Waals surface area contributed by atoms with Crippen molar-refractivity contribution in [1.29, 1.82) is 0 Å². The zero-order chi connectivity index (χ0) is 15.2. The molecule has 0 fully saturated rings. The zero-order valence-corrected chi connectivity index (χ0v) is 14.4. The van der Waals surface area contributed by atoms with E-state index in [1.54, 1.807) is 0 Å². The molecule has 1 heterocycles. The molecular weight excluding hydrogens is 256 g/mol. The lowest BCUT2D eigenvalue weighted by atomic mass is 10.0. The summed E-state index contributed by atoms with van der Waals surface area (Å²) in [5, 5.41) is 7.47. The lowest BCUT2D eigenvalue weighted by Gasteiger charge is -2.04. The number of H-pyrrole nitrogens is 1. The van der Waals surface area contributed by atoms with Crippen molar-refractivity contribution in [3.8, 4) is 0 Å². The highest BCUT2D eigenvalue weighted by Gasteiger charge is 2.04. The number of rotatable bonds is 14. The molecule has 1 rings (SSSR count). The van der Waals surface area contributed by atoms with E-state index in [4.69, 9.17) is 0 Å². The molecule has 2 nitrogen and oxygen atoms in total. The maximum absolute atomic E-state index is 4.25. The Balaban J connectivity index is 2.09. The van der Waals surface area contributed by atoms with Gasteiger partial charge in [-0.15, -0.1) is 0 Å². The van der Waals surface area contributed by atoms with Crippen LogP contribution in [-0.4, -0.2) is 10.2 Å². The van der Waals surface area contributed by atoms with Crippen LogP contribution in [0.25, 0.3) is 0 Å². The Hall–Kier alpha value is -0.790. The zero-order valence-electron chi connectivity index (χ0n) is 14.4. The molecule has 1 aromatic rings. The highest BCUT2D eigenvalue weighted by molar-refractivity contribution is 5.16. The molecule has 0 aromatic carbocycles. The Morgan fingerprint density at radius 1 is 0.714 bits per heavy atom. The van der Waals surface area contributed by atoms with Crippen molar-refractivity contribution in [3.05, 3.63) is 17.5 Å². The molecular formula is C19H36N2. The van der Waals surface area contributed by atoms with E-state index in [9.17, 15) is 0 Å². The summed E-state index contributed by atoms with van der Waals surface area (Å²) < 4.78 is 0. The number of nitrogens with zero attached hydrogens (tertiary/aromatic N) is 1. The van der Waals surface area contributed by atoms with Gasteiger partial charge in [-0.3, -0.25) is 5.10 Å². The molecule has 122 valence electrons. The summed E-state index contributed by atoms with van der Waals surface area (Å²) in [5.41, 5.74) is 2.87. The van der Waals surface area contributed by atoms with Crippen molar-refractivity contribution in [1.82, 2.24) is 10.2 Å². The second-order valence-corrected chi connectivity index (χ2v) is 6.41. The number of unbranched alkanes of at least 4 members (excludes halogenated alkanes) is 10. The Morgan fingerprint density at radius 2 is 1.24 bits per heavy atom. The molecule has 0 atom stereocenters. The third-order valence-electron chi connectivity index (χ3n) is 4.39. The molecule has 0 spiro atoms. The molecule has 1 N–H and O–H groups in total. The summed E-state index contributed by atoms with van der Waals surface area (Å²) in [6.45, 7) is 4.55. The first-order chi connectivity index (χ1) is 10.4. The molecule has 21 heavy (non-hydrogen) atoms. The molecule has 0 radical (unpaired) electrons. The molecule has 0 saturated carbocycles. The quantitative estimate of drug-likeness (QED) is 0.405. The van der Waals surface area contributed by atoms with Crippen LogP contribution in [0.2, 0.25) is 0 Å². The van der Waals surface area contributed by atoms with E-state index in [2.05, 4.69) is 30.2 Å². The Kier molecular flexibility index (Phi) is 11.2. The van der Waals surface area contributed by atoms with Gasteiger partial charge < -0.3 is 0 Å². The van der Waals surface area contributed by atoms with E-state index < -0.39 is 0 Å². The van der Waals surface area contributed by atoms with Gasteiger partial charge in [0.25, 0.3) is 0 Å². The van der Waals surface area contributed by atoms with Gasteiger partial charge in [-0.2, -0.15) is 5.10 Å². The average Bonchev–Trinajstić information content (AvgIpc) is 2.94. The lowest BCUT2D eigenvalue weighted by Crippen LogP contribution is -1.94. The highest BCUT2D eigenvalue weighted by Crippen LogP contribution is 2.15. The fourth-order valence-corrected chi connectivity index (χ4v) is 2.95. The molecule has 0 aliphatic carbocycles. The monoisotopic (exact) mass is 292 g/mol. The Morgan fingerprint density at radius 3 is 1.86 bits per heavy atom. The molecule has 0 amide bonds. The molecule has 2 heteroatoms. The largest absolute Gasteiger partial charge is 0.282 e. The summed E-state index contributed by atoms with van der Waals surface area (Å²) in [7, 11) is 0. The van der Waals surface area contributed by atoms with Crippen molar-refractivity contribution in [2.45, 2.75) is 104 Å². The second-order valence-electron chi connectivity index (χ2n) is 6.41. The maximum atomic E-state index is 4.25. The first kappa shape index (κ1) is 18.3.